The lowest BCUT2D eigenvalue weighted by Gasteiger charge is -2.32. The van der Waals surface area contributed by atoms with E-state index >= 15 is 0 Å². The number of nitrogens with zero attached hydrogens (tertiary/aromatic N) is 1. The fraction of sp³-hybridized carbons (Fsp3) is 0.259. The Morgan fingerprint density at radius 2 is 1.50 bits per heavy atom. The molecule has 0 saturated carbocycles. The maximum Gasteiger partial charge on any atom is 0.258 e. The van der Waals surface area contributed by atoms with Crippen LogP contribution in [0.3, 0.4) is 0 Å². The predicted octanol–water partition coefficient (Wildman–Crippen LogP) is 4.46. The van der Waals surface area contributed by atoms with Gasteiger partial charge < -0.3 is 15.0 Å². The number of piperidine rings is 1. The number of ether oxygens (including phenoxy) is 1. The zero-order valence-electron chi connectivity index (χ0n) is 18.3. The number of hydrogen-bond acceptors (Lipinski definition) is 3. The van der Waals surface area contributed by atoms with Crippen molar-refractivity contribution in [1.29, 1.82) is 0 Å². The van der Waals surface area contributed by atoms with E-state index in [4.69, 9.17) is 4.74 Å². The fourth-order valence-corrected chi connectivity index (χ4v) is 3.90. The summed E-state index contributed by atoms with van der Waals surface area (Å²) in [5.41, 5.74) is 4.07. The lowest BCUT2D eigenvalue weighted by molar-refractivity contribution is -0.124. The largest absolute Gasteiger partial charge is 0.484 e. The molecule has 0 aromatic heterocycles. The minimum atomic E-state index is -0.133. The Morgan fingerprint density at radius 3 is 2.16 bits per heavy atom. The van der Waals surface area contributed by atoms with Crippen LogP contribution in [0.5, 0.6) is 5.75 Å². The van der Waals surface area contributed by atoms with Crippen LogP contribution in [0.1, 0.15) is 28.8 Å². The highest BCUT2D eigenvalue weighted by Crippen LogP contribution is 2.21. The molecule has 1 aliphatic rings. The molecule has 0 radical (unpaired) electrons. The molecule has 0 unspecified atom stereocenters. The molecule has 1 heterocycles. The highest BCUT2D eigenvalue weighted by molar-refractivity contribution is 5.94. The molecular formula is C27H28N2O3. The van der Waals surface area contributed by atoms with Crippen LogP contribution in [0.4, 0.5) is 0 Å². The highest BCUT2D eigenvalue weighted by atomic mass is 16.5. The average Bonchev–Trinajstić information content (AvgIpc) is 2.84. The van der Waals surface area contributed by atoms with Crippen molar-refractivity contribution in [1.82, 2.24) is 10.2 Å². The SMILES string of the molecule is Cc1ccc(OCC(=O)NC2CCN(C(=O)c3ccc(-c4ccccc4)cc3)CC2)cc1. The first-order valence-corrected chi connectivity index (χ1v) is 11.0. The van der Waals surface area contributed by atoms with Gasteiger partial charge in [0, 0.05) is 24.7 Å². The van der Waals surface area contributed by atoms with Gasteiger partial charge in [-0.1, -0.05) is 60.2 Å². The number of benzene rings is 3. The van der Waals surface area contributed by atoms with Gasteiger partial charge in [-0.15, -0.1) is 0 Å². The smallest absolute Gasteiger partial charge is 0.258 e. The quantitative estimate of drug-likeness (QED) is 0.631. The van der Waals surface area contributed by atoms with Gasteiger partial charge in [0.05, 0.1) is 0 Å². The second-order valence-corrected chi connectivity index (χ2v) is 8.18. The molecule has 0 atom stereocenters. The Bertz CT molecular complexity index is 1040. The summed E-state index contributed by atoms with van der Waals surface area (Å²) >= 11 is 0. The van der Waals surface area contributed by atoms with E-state index in [1.54, 1.807) is 0 Å². The molecule has 0 spiro atoms. The van der Waals surface area contributed by atoms with E-state index < -0.39 is 0 Å². The molecule has 2 amide bonds. The minimum absolute atomic E-state index is 0.00400. The van der Waals surface area contributed by atoms with E-state index in [0.29, 0.717) is 24.4 Å². The maximum absolute atomic E-state index is 12.9. The number of hydrogen-bond donors (Lipinski definition) is 1. The third kappa shape index (κ3) is 5.55. The van der Waals surface area contributed by atoms with Crippen molar-refractivity contribution in [2.24, 2.45) is 0 Å². The summed E-state index contributed by atoms with van der Waals surface area (Å²) in [5.74, 6) is 0.591. The summed E-state index contributed by atoms with van der Waals surface area (Å²) in [4.78, 5) is 27.0. The van der Waals surface area contributed by atoms with E-state index in [2.05, 4.69) is 17.4 Å². The molecule has 5 heteroatoms. The molecule has 164 valence electrons. The van der Waals surface area contributed by atoms with Gasteiger partial charge in [0.15, 0.2) is 6.61 Å². The molecule has 3 aromatic rings. The predicted molar refractivity (Wildman–Crippen MR) is 126 cm³/mol. The van der Waals surface area contributed by atoms with Crippen molar-refractivity contribution in [2.45, 2.75) is 25.8 Å². The third-order valence-electron chi connectivity index (χ3n) is 5.78. The van der Waals surface area contributed by atoms with Crippen molar-refractivity contribution in [3.05, 3.63) is 90.0 Å². The first-order chi connectivity index (χ1) is 15.6. The lowest BCUT2D eigenvalue weighted by Crippen LogP contribution is -2.47. The molecule has 0 aliphatic carbocycles. The summed E-state index contributed by atoms with van der Waals surface area (Å²) < 4.78 is 5.55. The van der Waals surface area contributed by atoms with Gasteiger partial charge >= 0.3 is 0 Å². The summed E-state index contributed by atoms with van der Waals surface area (Å²) in [6.07, 6.45) is 1.48. The maximum atomic E-state index is 12.9. The Kier molecular flexibility index (Phi) is 6.85. The van der Waals surface area contributed by atoms with E-state index in [0.717, 1.165) is 29.5 Å². The van der Waals surface area contributed by atoms with E-state index in [1.165, 1.54) is 0 Å². The molecule has 32 heavy (non-hydrogen) atoms. The van der Waals surface area contributed by atoms with E-state index in [1.807, 2.05) is 78.6 Å². The van der Waals surface area contributed by atoms with Gasteiger partial charge in [0.2, 0.25) is 0 Å². The Hall–Kier alpha value is -3.60. The van der Waals surface area contributed by atoms with Crippen LogP contribution >= 0.6 is 0 Å². The van der Waals surface area contributed by atoms with E-state index in [9.17, 15) is 9.59 Å². The van der Waals surface area contributed by atoms with Gasteiger partial charge in [-0.05, 0) is 55.2 Å². The monoisotopic (exact) mass is 428 g/mol. The lowest BCUT2D eigenvalue weighted by atomic mass is 10.0. The fourth-order valence-electron chi connectivity index (χ4n) is 3.90. The molecule has 1 aliphatic heterocycles. The standard InChI is InChI=1S/C27H28N2O3/c1-20-7-13-25(14-8-20)32-19-26(30)28-24-15-17-29(18-16-24)27(31)23-11-9-22(10-12-23)21-5-3-2-4-6-21/h2-14,24H,15-19H2,1H3,(H,28,30). The topological polar surface area (TPSA) is 58.6 Å². The molecule has 1 N–H and O–H groups in total. The van der Waals surface area contributed by atoms with Crippen LogP contribution in [0.25, 0.3) is 11.1 Å². The van der Waals surface area contributed by atoms with Crippen LogP contribution in [-0.2, 0) is 4.79 Å². The number of amides is 2. The van der Waals surface area contributed by atoms with Gasteiger partial charge in [-0.25, -0.2) is 0 Å². The van der Waals surface area contributed by atoms with Crippen LogP contribution in [0.15, 0.2) is 78.9 Å². The number of likely N-dealkylation sites (tertiary alicyclic amines) is 1. The summed E-state index contributed by atoms with van der Waals surface area (Å²) in [6.45, 7) is 3.26. The molecule has 1 saturated heterocycles. The van der Waals surface area contributed by atoms with Gasteiger partial charge in [-0.2, -0.15) is 0 Å². The number of carbonyl (C=O) groups is 2. The first-order valence-electron chi connectivity index (χ1n) is 11.0. The molecule has 1 fully saturated rings. The normalized spacial score (nSPS) is 14.1. The van der Waals surface area contributed by atoms with Crippen LogP contribution in [0, 0.1) is 6.92 Å². The molecule has 0 bridgehead atoms. The second kappa shape index (κ2) is 10.1. The van der Waals surface area contributed by atoms with Gasteiger partial charge in [0.25, 0.3) is 11.8 Å². The molecule has 3 aromatic carbocycles. The summed E-state index contributed by atoms with van der Waals surface area (Å²) in [6, 6.07) is 25.6. The third-order valence-corrected chi connectivity index (χ3v) is 5.78. The van der Waals surface area contributed by atoms with Gasteiger partial charge in [0.1, 0.15) is 5.75 Å². The number of rotatable bonds is 6. The average molecular weight is 429 g/mol. The second-order valence-electron chi connectivity index (χ2n) is 8.18. The van der Waals surface area contributed by atoms with E-state index in [-0.39, 0.29) is 24.5 Å². The number of carbonyl (C=O) groups excluding carboxylic acids is 2. The minimum Gasteiger partial charge on any atom is -0.484 e. The summed E-state index contributed by atoms with van der Waals surface area (Å²) in [5, 5.41) is 3.02. The number of nitrogens with one attached hydrogen (secondary N) is 1. The van der Waals surface area contributed by atoms with Crippen molar-refractivity contribution in [3.8, 4) is 16.9 Å². The van der Waals surface area contributed by atoms with Crippen molar-refractivity contribution in [2.75, 3.05) is 19.7 Å². The first kappa shape index (κ1) is 21.6. The Balaban J connectivity index is 1.23. The zero-order chi connectivity index (χ0) is 22.3. The Morgan fingerprint density at radius 1 is 0.875 bits per heavy atom. The van der Waals surface area contributed by atoms with Crippen molar-refractivity contribution < 1.29 is 14.3 Å². The zero-order valence-corrected chi connectivity index (χ0v) is 18.3. The molecule has 5 nitrogen and oxygen atoms in total. The van der Waals surface area contributed by atoms with Crippen molar-refractivity contribution in [3.63, 3.8) is 0 Å². The van der Waals surface area contributed by atoms with Crippen LogP contribution in [-0.4, -0.2) is 42.5 Å². The highest BCUT2D eigenvalue weighted by Gasteiger charge is 2.24. The number of aryl methyl sites for hydroxylation is 1. The molecule has 4 rings (SSSR count). The van der Waals surface area contributed by atoms with Gasteiger partial charge in [-0.3, -0.25) is 9.59 Å². The summed E-state index contributed by atoms with van der Waals surface area (Å²) in [7, 11) is 0. The van der Waals surface area contributed by atoms with Crippen LogP contribution < -0.4 is 10.1 Å². The van der Waals surface area contributed by atoms with Crippen molar-refractivity contribution >= 4 is 11.8 Å². The van der Waals surface area contributed by atoms with Crippen LogP contribution in [0.2, 0.25) is 0 Å². The molecular weight excluding hydrogens is 400 g/mol. The Labute approximate surface area is 189 Å².